The Morgan fingerprint density at radius 1 is 1.08 bits per heavy atom. The smallest absolute Gasteiger partial charge is 0.309 e. The standard InChI is InChI=1S/C18H16N2O4/c1-22-17(21)11-13-7-9-15(10-8-13)23-12-16-19-18(20-24-16)14-5-3-2-4-6-14/h2-10H,11-12H2,1H3. The number of rotatable bonds is 6. The number of methoxy groups -OCH3 is 1. The maximum atomic E-state index is 11.2. The predicted molar refractivity (Wildman–Crippen MR) is 86.2 cm³/mol. The van der Waals surface area contributed by atoms with Crippen LogP contribution in [0.5, 0.6) is 5.75 Å². The van der Waals surface area contributed by atoms with E-state index < -0.39 is 0 Å². The molecule has 122 valence electrons. The van der Waals surface area contributed by atoms with Crippen LogP contribution in [-0.4, -0.2) is 23.2 Å². The molecule has 2 aromatic carbocycles. The van der Waals surface area contributed by atoms with Crippen molar-refractivity contribution in [2.75, 3.05) is 7.11 Å². The maximum absolute atomic E-state index is 11.2. The van der Waals surface area contributed by atoms with E-state index in [0.717, 1.165) is 11.1 Å². The van der Waals surface area contributed by atoms with E-state index >= 15 is 0 Å². The predicted octanol–water partition coefficient (Wildman–Crippen LogP) is 3.03. The number of benzene rings is 2. The molecule has 3 aromatic rings. The molecule has 0 saturated heterocycles. The lowest BCUT2D eigenvalue weighted by Crippen LogP contribution is -2.04. The van der Waals surface area contributed by atoms with Gasteiger partial charge in [0.2, 0.25) is 5.82 Å². The summed E-state index contributed by atoms with van der Waals surface area (Å²) in [5, 5.41) is 3.94. The molecule has 0 amide bonds. The molecule has 0 fully saturated rings. The number of nitrogens with zero attached hydrogens (tertiary/aromatic N) is 2. The minimum Gasteiger partial charge on any atom is -0.484 e. The fraction of sp³-hybridized carbons (Fsp3) is 0.167. The Bertz CT molecular complexity index is 797. The summed E-state index contributed by atoms with van der Waals surface area (Å²) in [7, 11) is 1.37. The van der Waals surface area contributed by atoms with Crippen LogP contribution in [0.1, 0.15) is 11.5 Å². The molecule has 0 aliphatic heterocycles. The normalized spacial score (nSPS) is 10.4. The SMILES string of the molecule is COC(=O)Cc1ccc(OCc2nc(-c3ccccc3)no2)cc1. The van der Waals surface area contributed by atoms with E-state index in [9.17, 15) is 4.79 Å². The molecule has 6 nitrogen and oxygen atoms in total. The van der Waals surface area contributed by atoms with Crippen LogP contribution in [0.4, 0.5) is 0 Å². The van der Waals surface area contributed by atoms with Gasteiger partial charge in [-0.25, -0.2) is 0 Å². The number of ether oxygens (including phenoxy) is 2. The van der Waals surface area contributed by atoms with Crippen LogP contribution >= 0.6 is 0 Å². The van der Waals surface area contributed by atoms with Gasteiger partial charge in [-0.15, -0.1) is 0 Å². The van der Waals surface area contributed by atoms with Gasteiger partial charge in [-0.05, 0) is 17.7 Å². The van der Waals surface area contributed by atoms with Gasteiger partial charge in [-0.3, -0.25) is 4.79 Å². The third-order valence-corrected chi connectivity index (χ3v) is 3.36. The molecule has 0 radical (unpaired) electrons. The van der Waals surface area contributed by atoms with E-state index in [4.69, 9.17) is 9.26 Å². The Labute approximate surface area is 139 Å². The van der Waals surface area contributed by atoms with E-state index in [1.807, 2.05) is 42.5 Å². The zero-order valence-corrected chi connectivity index (χ0v) is 13.1. The van der Waals surface area contributed by atoms with E-state index in [-0.39, 0.29) is 19.0 Å². The molecular weight excluding hydrogens is 308 g/mol. The second-order valence-corrected chi connectivity index (χ2v) is 5.06. The summed E-state index contributed by atoms with van der Waals surface area (Å²) in [4.78, 5) is 15.5. The van der Waals surface area contributed by atoms with Crippen molar-refractivity contribution in [2.24, 2.45) is 0 Å². The van der Waals surface area contributed by atoms with Crippen LogP contribution in [0.15, 0.2) is 59.1 Å². The highest BCUT2D eigenvalue weighted by atomic mass is 16.5. The van der Waals surface area contributed by atoms with E-state index in [1.54, 1.807) is 12.1 Å². The minimum atomic E-state index is -0.275. The molecule has 0 saturated carbocycles. The van der Waals surface area contributed by atoms with Crippen molar-refractivity contribution < 1.29 is 18.8 Å². The first kappa shape index (κ1) is 15.7. The van der Waals surface area contributed by atoms with Gasteiger partial charge in [0.05, 0.1) is 13.5 Å². The van der Waals surface area contributed by atoms with Crippen molar-refractivity contribution in [3.05, 3.63) is 66.1 Å². The summed E-state index contributed by atoms with van der Waals surface area (Å²) in [5.74, 6) is 1.31. The van der Waals surface area contributed by atoms with Gasteiger partial charge in [0.15, 0.2) is 6.61 Å². The van der Waals surface area contributed by atoms with Gasteiger partial charge < -0.3 is 14.0 Å². The van der Waals surface area contributed by atoms with Crippen molar-refractivity contribution >= 4 is 5.97 Å². The van der Waals surface area contributed by atoms with Gasteiger partial charge in [-0.2, -0.15) is 4.98 Å². The third kappa shape index (κ3) is 3.98. The summed E-state index contributed by atoms with van der Waals surface area (Å²) in [6, 6.07) is 16.8. The first-order valence-electron chi connectivity index (χ1n) is 7.41. The van der Waals surface area contributed by atoms with Crippen molar-refractivity contribution in [3.8, 4) is 17.1 Å². The largest absolute Gasteiger partial charge is 0.484 e. The number of aromatic nitrogens is 2. The van der Waals surface area contributed by atoms with Crippen molar-refractivity contribution in [1.82, 2.24) is 10.1 Å². The topological polar surface area (TPSA) is 74.5 Å². The zero-order chi connectivity index (χ0) is 16.8. The molecule has 1 aromatic heterocycles. The summed E-state index contributed by atoms with van der Waals surface area (Å²) >= 11 is 0. The Morgan fingerprint density at radius 3 is 2.54 bits per heavy atom. The second-order valence-electron chi connectivity index (χ2n) is 5.06. The van der Waals surface area contributed by atoms with Crippen LogP contribution in [0.2, 0.25) is 0 Å². The molecule has 0 atom stereocenters. The summed E-state index contributed by atoms with van der Waals surface area (Å²) in [5.41, 5.74) is 1.75. The fourth-order valence-electron chi connectivity index (χ4n) is 2.11. The lowest BCUT2D eigenvalue weighted by atomic mass is 10.1. The summed E-state index contributed by atoms with van der Waals surface area (Å²) in [6.07, 6.45) is 0.237. The van der Waals surface area contributed by atoms with Crippen LogP contribution in [-0.2, 0) is 22.6 Å². The molecule has 0 unspecified atom stereocenters. The highest BCUT2D eigenvalue weighted by Crippen LogP contribution is 2.17. The minimum absolute atomic E-state index is 0.177. The van der Waals surface area contributed by atoms with Crippen molar-refractivity contribution in [3.63, 3.8) is 0 Å². The van der Waals surface area contributed by atoms with Gasteiger partial charge in [-0.1, -0.05) is 47.6 Å². The van der Waals surface area contributed by atoms with Crippen molar-refractivity contribution in [1.29, 1.82) is 0 Å². The average molecular weight is 324 g/mol. The Hall–Kier alpha value is -3.15. The van der Waals surface area contributed by atoms with Crippen LogP contribution < -0.4 is 4.74 Å². The Balaban J connectivity index is 1.58. The lowest BCUT2D eigenvalue weighted by molar-refractivity contribution is -0.139. The molecule has 0 bridgehead atoms. The number of carbonyl (C=O) groups is 1. The third-order valence-electron chi connectivity index (χ3n) is 3.36. The van der Waals surface area contributed by atoms with Gasteiger partial charge in [0.25, 0.3) is 5.89 Å². The molecule has 0 aliphatic carbocycles. The molecule has 0 aliphatic rings. The maximum Gasteiger partial charge on any atom is 0.309 e. The molecular formula is C18H16N2O4. The zero-order valence-electron chi connectivity index (χ0n) is 13.1. The molecule has 24 heavy (non-hydrogen) atoms. The quantitative estimate of drug-likeness (QED) is 0.649. The summed E-state index contributed by atoms with van der Waals surface area (Å²) < 4.78 is 15.4. The summed E-state index contributed by atoms with van der Waals surface area (Å²) in [6.45, 7) is 0.177. The number of esters is 1. The monoisotopic (exact) mass is 324 g/mol. The van der Waals surface area contributed by atoms with Gasteiger partial charge in [0, 0.05) is 5.56 Å². The first-order valence-corrected chi connectivity index (χ1v) is 7.41. The number of carbonyl (C=O) groups excluding carboxylic acids is 1. The van der Waals surface area contributed by atoms with Crippen LogP contribution in [0, 0.1) is 0 Å². The van der Waals surface area contributed by atoms with Crippen molar-refractivity contribution in [2.45, 2.75) is 13.0 Å². The number of hydrogen-bond acceptors (Lipinski definition) is 6. The first-order chi connectivity index (χ1) is 11.7. The number of hydrogen-bond donors (Lipinski definition) is 0. The van der Waals surface area contributed by atoms with E-state index in [2.05, 4.69) is 14.9 Å². The van der Waals surface area contributed by atoms with E-state index in [1.165, 1.54) is 7.11 Å². The molecule has 3 rings (SSSR count). The molecule has 0 spiro atoms. The second kappa shape index (κ2) is 7.41. The average Bonchev–Trinajstić information content (AvgIpc) is 3.11. The Morgan fingerprint density at radius 2 is 1.83 bits per heavy atom. The van der Waals surface area contributed by atoms with E-state index in [0.29, 0.717) is 17.5 Å². The molecule has 0 N–H and O–H groups in total. The lowest BCUT2D eigenvalue weighted by Gasteiger charge is -2.04. The fourth-order valence-corrected chi connectivity index (χ4v) is 2.11. The molecule has 6 heteroatoms. The van der Waals surface area contributed by atoms with Gasteiger partial charge >= 0.3 is 5.97 Å². The van der Waals surface area contributed by atoms with Crippen LogP contribution in [0.25, 0.3) is 11.4 Å². The highest BCUT2D eigenvalue weighted by molar-refractivity contribution is 5.72. The van der Waals surface area contributed by atoms with Crippen LogP contribution in [0.3, 0.4) is 0 Å². The van der Waals surface area contributed by atoms with Gasteiger partial charge in [0.1, 0.15) is 5.75 Å². The highest BCUT2D eigenvalue weighted by Gasteiger charge is 2.09. The Kier molecular flexibility index (Phi) is 4.86. The molecule has 1 heterocycles.